The first-order valence-corrected chi connectivity index (χ1v) is 6.44. The van der Waals surface area contributed by atoms with Crippen molar-refractivity contribution in [1.82, 2.24) is 4.90 Å². The molecule has 2 aromatic rings. The van der Waals surface area contributed by atoms with E-state index in [1.165, 1.54) is 0 Å². The van der Waals surface area contributed by atoms with Crippen molar-refractivity contribution in [3.05, 3.63) is 39.2 Å². The lowest BCUT2D eigenvalue weighted by Gasteiger charge is -2.12. The molecule has 1 aliphatic heterocycles. The number of aryl methyl sites for hydroxylation is 1. The van der Waals surface area contributed by atoms with Crippen LogP contribution in [0.15, 0.2) is 21.3 Å². The Labute approximate surface area is 111 Å². The second-order valence-electron chi connectivity index (χ2n) is 5.01. The maximum Gasteiger partial charge on any atom is 0.195 e. The van der Waals surface area contributed by atoms with E-state index >= 15 is 0 Å². The zero-order valence-electron chi connectivity index (χ0n) is 11.4. The number of rotatable bonds is 3. The minimum Gasteiger partial charge on any atom is -0.496 e. The van der Waals surface area contributed by atoms with Crippen molar-refractivity contribution in [3.8, 4) is 5.75 Å². The van der Waals surface area contributed by atoms with Gasteiger partial charge in [0.2, 0.25) is 0 Å². The molecule has 100 valence electrons. The van der Waals surface area contributed by atoms with Gasteiger partial charge in [0.15, 0.2) is 5.43 Å². The molecule has 1 aromatic carbocycles. The van der Waals surface area contributed by atoms with Gasteiger partial charge in [-0.3, -0.25) is 9.69 Å². The second kappa shape index (κ2) is 4.38. The summed E-state index contributed by atoms with van der Waals surface area (Å²) in [6.07, 6.45) is 0. The van der Waals surface area contributed by atoms with Gasteiger partial charge in [0, 0.05) is 25.2 Å². The van der Waals surface area contributed by atoms with Gasteiger partial charge < -0.3 is 9.15 Å². The fourth-order valence-electron chi connectivity index (χ4n) is 2.29. The molecule has 0 atom stereocenters. The third-order valence-corrected chi connectivity index (χ3v) is 3.73. The maximum atomic E-state index is 12.3. The molecular formula is C15H17NO3. The molecule has 19 heavy (non-hydrogen) atoms. The molecule has 0 saturated carbocycles. The van der Waals surface area contributed by atoms with Gasteiger partial charge in [0.05, 0.1) is 18.1 Å². The lowest BCUT2D eigenvalue weighted by molar-refractivity contribution is 0.401. The van der Waals surface area contributed by atoms with Crippen LogP contribution in [-0.2, 0) is 6.54 Å². The summed E-state index contributed by atoms with van der Waals surface area (Å²) in [4.78, 5) is 14.6. The topological polar surface area (TPSA) is 42.4 Å². The van der Waals surface area contributed by atoms with Gasteiger partial charge in [0.1, 0.15) is 17.1 Å². The highest BCUT2D eigenvalue weighted by Crippen LogP contribution is 2.30. The summed E-state index contributed by atoms with van der Waals surface area (Å²) in [5, 5.41) is 0.640. The summed E-state index contributed by atoms with van der Waals surface area (Å²) in [6.45, 7) is 6.58. The van der Waals surface area contributed by atoms with Crippen LogP contribution in [0.25, 0.3) is 11.0 Å². The quantitative estimate of drug-likeness (QED) is 0.793. The Kier molecular flexibility index (Phi) is 2.82. The Morgan fingerprint density at radius 2 is 2.05 bits per heavy atom. The molecule has 3 rings (SSSR count). The van der Waals surface area contributed by atoms with Crippen LogP contribution in [0.5, 0.6) is 5.75 Å². The Morgan fingerprint density at radius 1 is 1.32 bits per heavy atom. The van der Waals surface area contributed by atoms with Gasteiger partial charge in [0.25, 0.3) is 0 Å². The third-order valence-electron chi connectivity index (χ3n) is 3.73. The van der Waals surface area contributed by atoms with Crippen molar-refractivity contribution in [2.45, 2.75) is 20.4 Å². The monoisotopic (exact) mass is 259 g/mol. The van der Waals surface area contributed by atoms with E-state index in [0.717, 1.165) is 30.9 Å². The van der Waals surface area contributed by atoms with E-state index < -0.39 is 0 Å². The number of fused-ring (bicyclic) bond motifs is 1. The van der Waals surface area contributed by atoms with Crippen LogP contribution in [0.3, 0.4) is 0 Å². The molecule has 1 aromatic heterocycles. The highest BCUT2D eigenvalue weighted by Gasteiger charge is 2.23. The summed E-state index contributed by atoms with van der Waals surface area (Å²) in [5.41, 5.74) is 2.36. The van der Waals surface area contributed by atoms with Gasteiger partial charge in [-0.25, -0.2) is 0 Å². The van der Waals surface area contributed by atoms with Crippen LogP contribution in [0.2, 0.25) is 0 Å². The largest absolute Gasteiger partial charge is 0.496 e. The summed E-state index contributed by atoms with van der Waals surface area (Å²) >= 11 is 0. The van der Waals surface area contributed by atoms with Gasteiger partial charge in [-0.05, 0) is 26.0 Å². The Hall–Kier alpha value is -1.81. The molecule has 0 N–H and O–H groups in total. The average molecular weight is 259 g/mol. The fourth-order valence-corrected chi connectivity index (χ4v) is 2.29. The molecule has 2 heterocycles. The molecule has 0 amide bonds. The van der Waals surface area contributed by atoms with Crippen molar-refractivity contribution in [1.29, 1.82) is 0 Å². The first kappa shape index (κ1) is 12.2. The molecule has 0 radical (unpaired) electrons. The second-order valence-corrected chi connectivity index (χ2v) is 5.01. The summed E-state index contributed by atoms with van der Waals surface area (Å²) < 4.78 is 11.3. The first-order valence-electron chi connectivity index (χ1n) is 6.44. The van der Waals surface area contributed by atoms with Crippen LogP contribution < -0.4 is 10.2 Å². The van der Waals surface area contributed by atoms with E-state index in [-0.39, 0.29) is 5.43 Å². The van der Waals surface area contributed by atoms with Crippen LogP contribution in [0, 0.1) is 13.8 Å². The molecule has 0 bridgehead atoms. The summed E-state index contributed by atoms with van der Waals surface area (Å²) in [5.74, 6) is 1.46. The predicted molar refractivity (Wildman–Crippen MR) is 73.8 cm³/mol. The molecule has 4 nitrogen and oxygen atoms in total. The van der Waals surface area contributed by atoms with Gasteiger partial charge in [-0.15, -0.1) is 0 Å². The zero-order valence-corrected chi connectivity index (χ0v) is 11.4. The summed E-state index contributed by atoms with van der Waals surface area (Å²) in [7, 11) is 1.64. The molecule has 4 heteroatoms. The Balaban J connectivity index is 2.31. The van der Waals surface area contributed by atoms with Crippen molar-refractivity contribution in [2.24, 2.45) is 0 Å². The SMILES string of the molecule is COc1ccc2c(=O)c(C)c(C)oc2c1CN1CC1. The molecule has 1 aliphatic rings. The lowest BCUT2D eigenvalue weighted by Crippen LogP contribution is -2.10. The minimum absolute atomic E-state index is 0.0495. The first-order chi connectivity index (χ1) is 9.11. The molecule has 0 aliphatic carbocycles. The van der Waals surface area contributed by atoms with E-state index in [2.05, 4.69) is 4.90 Å². The smallest absolute Gasteiger partial charge is 0.195 e. The Bertz CT molecular complexity index is 699. The predicted octanol–water partition coefficient (Wildman–Crippen LogP) is 2.23. The number of benzene rings is 1. The highest BCUT2D eigenvalue weighted by atomic mass is 16.5. The molecule has 0 spiro atoms. The van der Waals surface area contributed by atoms with E-state index in [4.69, 9.17) is 9.15 Å². The standard InChI is InChI=1S/C15H17NO3/c1-9-10(2)19-15-11(14(9)17)4-5-13(18-3)12(15)8-16-6-7-16/h4-5H,6-8H2,1-3H3. The zero-order chi connectivity index (χ0) is 13.6. The van der Waals surface area contributed by atoms with Crippen molar-refractivity contribution < 1.29 is 9.15 Å². The van der Waals surface area contributed by atoms with Crippen LogP contribution in [-0.4, -0.2) is 25.1 Å². The fraction of sp³-hybridized carbons (Fsp3) is 0.400. The molecular weight excluding hydrogens is 242 g/mol. The number of methoxy groups -OCH3 is 1. The van der Waals surface area contributed by atoms with Crippen molar-refractivity contribution in [2.75, 3.05) is 20.2 Å². The van der Waals surface area contributed by atoms with Crippen molar-refractivity contribution in [3.63, 3.8) is 0 Å². The number of hydrogen-bond acceptors (Lipinski definition) is 4. The van der Waals surface area contributed by atoms with Crippen LogP contribution in [0.4, 0.5) is 0 Å². The van der Waals surface area contributed by atoms with Gasteiger partial charge in [-0.1, -0.05) is 0 Å². The summed E-state index contributed by atoms with van der Waals surface area (Å²) in [6, 6.07) is 3.64. The third kappa shape index (κ3) is 2.02. The average Bonchev–Trinajstić information content (AvgIpc) is 3.21. The Morgan fingerprint density at radius 3 is 2.68 bits per heavy atom. The number of ether oxygens (including phenoxy) is 1. The van der Waals surface area contributed by atoms with E-state index in [1.54, 1.807) is 20.1 Å². The van der Waals surface area contributed by atoms with E-state index in [9.17, 15) is 4.79 Å². The minimum atomic E-state index is 0.0495. The van der Waals surface area contributed by atoms with Gasteiger partial charge in [-0.2, -0.15) is 0 Å². The molecule has 1 saturated heterocycles. The maximum absolute atomic E-state index is 12.3. The normalized spacial score (nSPS) is 14.9. The highest BCUT2D eigenvalue weighted by molar-refractivity contribution is 5.82. The number of hydrogen-bond donors (Lipinski definition) is 0. The van der Waals surface area contributed by atoms with Crippen LogP contribution in [0.1, 0.15) is 16.9 Å². The van der Waals surface area contributed by atoms with Crippen LogP contribution >= 0.6 is 0 Å². The molecule has 1 fully saturated rings. The number of nitrogens with zero attached hydrogens (tertiary/aromatic N) is 1. The van der Waals surface area contributed by atoms with E-state index in [1.807, 2.05) is 13.0 Å². The lowest BCUT2D eigenvalue weighted by atomic mass is 10.1. The van der Waals surface area contributed by atoms with Crippen molar-refractivity contribution >= 4 is 11.0 Å². The van der Waals surface area contributed by atoms with E-state index in [0.29, 0.717) is 22.3 Å². The molecule has 0 unspecified atom stereocenters. The van der Waals surface area contributed by atoms with Gasteiger partial charge >= 0.3 is 0 Å².